The molecule has 0 bridgehead atoms. The molecule has 0 aliphatic carbocycles. The van der Waals surface area contributed by atoms with Crippen LogP contribution in [0.4, 0.5) is 17.6 Å². The second kappa shape index (κ2) is 10.5. The maximum Gasteiger partial charge on any atom is 0.342 e. The monoisotopic (exact) mass is 470 g/mol. The number of halogens is 4. The largest absolute Gasteiger partial charge is 0.460 e. The van der Waals surface area contributed by atoms with Crippen LogP contribution in [0.3, 0.4) is 0 Å². The van der Waals surface area contributed by atoms with Gasteiger partial charge in [0.25, 0.3) is 0 Å². The summed E-state index contributed by atoms with van der Waals surface area (Å²) in [7, 11) is 1.36. The van der Waals surface area contributed by atoms with E-state index in [9.17, 15) is 22.4 Å². The lowest BCUT2D eigenvalue weighted by molar-refractivity contribution is 0.0385. The molecular weight excluding hydrogens is 456 g/mol. The molecule has 3 aromatic carbocycles. The van der Waals surface area contributed by atoms with Gasteiger partial charge in [-0.05, 0) is 17.7 Å². The third-order valence-electron chi connectivity index (χ3n) is 4.59. The molecule has 0 saturated heterocycles. The van der Waals surface area contributed by atoms with Crippen molar-refractivity contribution in [2.24, 2.45) is 0 Å². The molecule has 0 radical (unpaired) electrons. The molecule has 34 heavy (non-hydrogen) atoms. The Hall–Kier alpha value is -4.41. The van der Waals surface area contributed by atoms with E-state index >= 15 is 0 Å². The lowest BCUT2D eigenvalue weighted by Crippen LogP contribution is -2.13. The highest BCUT2D eigenvalue weighted by atomic mass is 19.2. The molecule has 0 fully saturated rings. The number of hydrogen-bond donors (Lipinski definition) is 0. The molecule has 172 valence electrons. The number of carbonyl (C=O) groups is 1. The smallest absolute Gasteiger partial charge is 0.342 e. The van der Waals surface area contributed by atoms with Crippen LogP contribution in [-0.4, -0.2) is 26.3 Å². The van der Waals surface area contributed by atoms with Crippen LogP contribution in [-0.2, 0) is 9.47 Å². The van der Waals surface area contributed by atoms with Gasteiger partial charge in [-0.1, -0.05) is 30.3 Å². The first-order chi connectivity index (χ1) is 16.3. The first-order valence-electron chi connectivity index (χ1n) is 9.57. The zero-order valence-electron chi connectivity index (χ0n) is 17.5. The number of methoxy groups -OCH3 is 1. The number of esters is 1. The molecule has 0 amide bonds. The van der Waals surface area contributed by atoms with E-state index in [1.165, 1.54) is 31.4 Å². The van der Waals surface area contributed by atoms with Gasteiger partial charge in [-0.25, -0.2) is 18.0 Å². The van der Waals surface area contributed by atoms with Crippen molar-refractivity contribution < 1.29 is 36.6 Å². The van der Waals surface area contributed by atoms with Crippen molar-refractivity contribution in [2.75, 3.05) is 20.3 Å². The number of carbonyl (C=O) groups excluding carboxylic acids is 1. The fourth-order valence-corrected chi connectivity index (χ4v) is 3.02. The third-order valence-corrected chi connectivity index (χ3v) is 4.59. The van der Waals surface area contributed by atoms with Crippen LogP contribution in [0.2, 0.25) is 0 Å². The van der Waals surface area contributed by atoms with Crippen molar-refractivity contribution >= 4 is 5.97 Å². The maximum absolute atomic E-state index is 14.9. The Balaban J connectivity index is 2.27. The molecule has 10 heteroatoms. The molecule has 0 spiro atoms. The molecule has 3 rings (SSSR count). The highest BCUT2D eigenvalue weighted by Gasteiger charge is 2.30. The minimum atomic E-state index is -1.91. The second-order valence-electron chi connectivity index (χ2n) is 6.67. The molecule has 6 nitrogen and oxygen atoms in total. The van der Waals surface area contributed by atoms with Gasteiger partial charge in [0.2, 0.25) is 11.6 Å². The van der Waals surface area contributed by atoms with Crippen LogP contribution in [0, 0.1) is 45.9 Å². The van der Waals surface area contributed by atoms with Crippen LogP contribution >= 0.6 is 0 Å². The predicted molar refractivity (Wildman–Crippen MR) is 110 cm³/mol. The summed E-state index contributed by atoms with van der Waals surface area (Å²) >= 11 is 0. The number of benzene rings is 3. The Morgan fingerprint density at radius 3 is 2.15 bits per heavy atom. The summed E-state index contributed by atoms with van der Waals surface area (Å²) < 4.78 is 73.5. The molecule has 0 aliphatic rings. The van der Waals surface area contributed by atoms with Gasteiger partial charge in [-0.3, -0.25) is 0 Å². The van der Waals surface area contributed by atoms with E-state index in [0.29, 0.717) is 5.56 Å². The fraction of sp³-hybridized carbons (Fsp3) is 0.125. The number of nitrogens with zero attached hydrogens (tertiary/aromatic N) is 2. The van der Waals surface area contributed by atoms with Crippen molar-refractivity contribution in [1.29, 1.82) is 10.5 Å². The van der Waals surface area contributed by atoms with Gasteiger partial charge < -0.3 is 14.2 Å². The lowest BCUT2D eigenvalue weighted by Gasteiger charge is -2.17. The fourth-order valence-electron chi connectivity index (χ4n) is 3.02. The molecule has 3 aromatic rings. The first-order valence-corrected chi connectivity index (χ1v) is 9.57. The Bertz CT molecular complexity index is 1330. The zero-order chi connectivity index (χ0) is 24.8. The number of ether oxygens (including phenoxy) is 3. The van der Waals surface area contributed by atoms with E-state index in [4.69, 9.17) is 24.7 Å². The topological polar surface area (TPSA) is 92.3 Å². The minimum Gasteiger partial charge on any atom is -0.460 e. The summed E-state index contributed by atoms with van der Waals surface area (Å²) in [4.78, 5) is 12.6. The third kappa shape index (κ3) is 4.68. The number of rotatable bonds is 7. The second-order valence-corrected chi connectivity index (χ2v) is 6.67. The molecule has 0 N–H and O–H groups in total. The quantitative estimate of drug-likeness (QED) is 0.203. The summed E-state index contributed by atoms with van der Waals surface area (Å²) in [6.45, 7) is -0.211. The Morgan fingerprint density at radius 2 is 1.53 bits per heavy atom. The highest BCUT2D eigenvalue weighted by Crippen LogP contribution is 2.41. The summed E-state index contributed by atoms with van der Waals surface area (Å²) in [6.07, 6.45) is 0. The van der Waals surface area contributed by atoms with Gasteiger partial charge in [0, 0.05) is 12.7 Å². The normalized spacial score (nSPS) is 10.3. The number of nitriles is 2. The van der Waals surface area contributed by atoms with E-state index < -0.39 is 57.4 Å². The molecular formula is C24H14F4N2O4. The van der Waals surface area contributed by atoms with Crippen LogP contribution in [0.1, 0.15) is 21.5 Å². The average molecular weight is 470 g/mol. The summed E-state index contributed by atoms with van der Waals surface area (Å²) in [5, 5.41) is 18.1. The molecule has 0 atom stereocenters. The summed E-state index contributed by atoms with van der Waals surface area (Å²) in [5.74, 6) is -9.34. The first kappa shape index (κ1) is 24.2. The number of hydrogen-bond acceptors (Lipinski definition) is 6. The van der Waals surface area contributed by atoms with Gasteiger partial charge in [0.1, 0.15) is 47.0 Å². The van der Waals surface area contributed by atoms with Crippen LogP contribution in [0.5, 0.6) is 11.5 Å². The molecule has 0 aliphatic heterocycles. The average Bonchev–Trinajstić information content (AvgIpc) is 2.84. The molecule has 0 aromatic heterocycles. The van der Waals surface area contributed by atoms with Crippen molar-refractivity contribution in [2.45, 2.75) is 0 Å². The Kier molecular flexibility index (Phi) is 7.46. The van der Waals surface area contributed by atoms with Crippen LogP contribution in [0.25, 0.3) is 11.1 Å². The van der Waals surface area contributed by atoms with E-state index in [2.05, 4.69) is 0 Å². The van der Waals surface area contributed by atoms with E-state index in [0.717, 1.165) is 12.1 Å². The van der Waals surface area contributed by atoms with Crippen LogP contribution < -0.4 is 4.74 Å². The lowest BCUT2D eigenvalue weighted by atomic mass is 10.0. The SMILES string of the molecule is COCCOC(=O)c1cc(F)cc(-c2ccccc2)c1Oc1c(F)c(F)c(C#N)c(C#N)c1F. The Morgan fingerprint density at radius 1 is 0.882 bits per heavy atom. The van der Waals surface area contributed by atoms with Crippen LogP contribution in [0.15, 0.2) is 42.5 Å². The zero-order valence-corrected chi connectivity index (χ0v) is 17.5. The van der Waals surface area contributed by atoms with Crippen molar-refractivity contribution in [1.82, 2.24) is 0 Å². The van der Waals surface area contributed by atoms with Crippen molar-refractivity contribution in [3.63, 3.8) is 0 Å². The highest BCUT2D eigenvalue weighted by molar-refractivity contribution is 5.96. The van der Waals surface area contributed by atoms with E-state index in [-0.39, 0.29) is 18.8 Å². The molecule has 0 heterocycles. The van der Waals surface area contributed by atoms with E-state index in [1.54, 1.807) is 18.2 Å². The summed E-state index contributed by atoms with van der Waals surface area (Å²) in [6, 6.07) is 12.0. The molecule has 0 saturated carbocycles. The van der Waals surface area contributed by atoms with Gasteiger partial charge in [0.15, 0.2) is 11.6 Å². The Labute approximate surface area is 191 Å². The molecule has 0 unspecified atom stereocenters. The van der Waals surface area contributed by atoms with Gasteiger partial charge in [-0.15, -0.1) is 0 Å². The van der Waals surface area contributed by atoms with Gasteiger partial charge >= 0.3 is 5.97 Å². The predicted octanol–water partition coefficient (Wildman–Crippen LogP) is 5.25. The van der Waals surface area contributed by atoms with Gasteiger partial charge in [0.05, 0.1) is 6.61 Å². The van der Waals surface area contributed by atoms with E-state index in [1.807, 2.05) is 0 Å². The van der Waals surface area contributed by atoms with Crippen molar-refractivity contribution in [3.05, 3.63) is 82.4 Å². The maximum atomic E-state index is 14.9. The standard InChI is InChI=1S/C24H14F4N2O4/c1-32-7-8-33-24(31)16-10-14(25)9-15(13-5-3-2-4-6-13)22(16)34-23-20(27)18(12-30)17(11-29)19(26)21(23)28/h2-6,9-10H,7-8H2,1H3. The minimum absolute atomic E-state index is 0.0123. The van der Waals surface area contributed by atoms with Gasteiger partial charge in [-0.2, -0.15) is 14.9 Å². The van der Waals surface area contributed by atoms with Crippen molar-refractivity contribution in [3.8, 4) is 34.8 Å². The summed E-state index contributed by atoms with van der Waals surface area (Å²) in [5.41, 5.74) is -2.62.